The molecule has 0 aromatic heterocycles. The third kappa shape index (κ3) is 6.94. The van der Waals surface area contributed by atoms with Crippen LogP contribution in [0.1, 0.15) is 68.9 Å². The van der Waals surface area contributed by atoms with Gasteiger partial charge >= 0.3 is 0 Å². The molecule has 0 bridgehead atoms. The highest BCUT2D eigenvalue weighted by atomic mass is 16.4. The Bertz CT molecular complexity index is 458. The average molecular weight is 307 g/mol. The van der Waals surface area contributed by atoms with E-state index in [0.29, 0.717) is 24.3 Å². The Morgan fingerprint density at radius 2 is 1.55 bits per heavy atom. The van der Waals surface area contributed by atoms with Gasteiger partial charge in [-0.15, -0.1) is 0 Å². The molecule has 0 atom stereocenters. The van der Waals surface area contributed by atoms with Crippen molar-refractivity contribution in [2.45, 2.75) is 64.7 Å². The van der Waals surface area contributed by atoms with Crippen LogP contribution in [0.5, 0.6) is 5.75 Å². The molecule has 0 saturated carbocycles. The molecule has 0 aliphatic heterocycles. The fraction of sp³-hybridized carbons (Fsp3) is 0.611. The van der Waals surface area contributed by atoms with Gasteiger partial charge in [0.1, 0.15) is 5.75 Å². The summed E-state index contributed by atoms with van der Waals surface area (Å²) >= 11 is 0. The Morgan fingerprint density at radius 1 is 0.955 bits per heavy atom. The molecular weight excluding hydrogens is 278 g/mol. The topological polar surface area (TPSA) is 73.0 Å². The molecule has 1 rings (SSSR count). The largest absolute Gasteiger partial charge is 0.507 e. The van der Waals surface area contributed by atoms with E-state index < -0.39 is 0 Å². The number of aliphatic hydroxyl groups excluding tert-OH is 1. The van der Waals surface area contributed by atoms with Gasteiger partial charge in [-0.05, 0) is 38.3 Å². The lowest BCUT2D eigenvalue weighted by Crippen LogP contribution is -2.02. The van der Waals surface area contributed by atoms with Crippen molar-refractivity contribution in [3.05, 3.63) is 29.3 Å². The average Bonchev–Trinajstić information content (AvgIpc) is 2.52. The summed E-state index contributed by atoms with van der Waals surface area (Å²) < 4.78 is 0. The van der Waals surface area contributed by atoms with E-state index in [1.165, 1.54) is 25.7 Å². The highest BCUT2D eigenvalue weighted by molar-refractivity contribution is 6.02. The van der Waals surface area contributed by atoms with Crippen LogP contribution in [0.4, 0.5) is 0 Å². The number of rotatable bonds is 11. The number of unbranched alkanes of at least 4 members (excludes halogenated alkanes) is 7. The van der Waals surface area contributed by atoms with Crippen LogP contribution < -0.4 is 0 Å². The standard InChI is InChI=1S/C18H29NO3/c1-15-11-12-18(21)16(14-15)17(19-22)10-8-6-4-2-3-5-7-9-13-20/h11-12,14,20-22H,2-10,13H2,1H3/b19-17+. The first-order valence-electron chi connectivity index (χ1n) is 8.31. The lowest BCUT2D eigenvalue weighted by molar-refractivity contribution is 0.282. The van der Waals surface area contributed by atoms with Gasteiger partial charge in [-0.2, -0.15) is 0 Å². The van der Waals surface area contributed by atoms with Gasteiger partial charge in [0.05, 0.1) is 5.71 Å². The molecule has 0 heterocycles. The van der Waals surface area contributed by atoms with E-state index in [4.69, 9.17) is 5.11 Å². The molecule has 0 aliphatic rings. The first-order valence-corrected chi connectivity index (χ1v) is 8.31. The van der Waals surface area contributed by atoms with Gasteiger partial charge in [-0.25, -0.2) is 0 Å². The quantitative estimate of drug-likeness (QED) is 0.246. The van der Waals surface area contributed by atoms with Crippen molar-refractivity contribution in [3.63, 3.8) is 0 Å². The smallest absolute Gasteiger partial charge is 0.124 e. The lowest BCUT2D eigenvalue weighted by Gasteiger charge is -2.08. The summed E-state index contributed by atoms with van der Waals surface area (Å²) in [5.74, 6) is 0.169. The first-order chi connectivity index (χ1) is 10.7. The summed E-state index contributed by atoms with van der Waals surface area (Å²) in [6.45, 7) is 2.25. The number of phenolic OH excluding ortho intramolecular Hbond substituents is 1. The Morgan fingerprint density at radius 3 is 2.14 bits per heavy atom. The second kappa shape index (κ2) is 11.1. The Kier molecular flexibility index (Phi) is 9.31. The Labute approximate surface area is 133 Å². The predicted octanol–water partition coefficient (Wildman–Crippen LogP) is 4.38. The third-order valence-electron chi connectivity index (χ3n) is 3.91. The minimum atomic E-state index is 0.169. The zero-order chi connectivity index (χ0) is 16.2. The van der Waals surface area contributed by atoms with Gasteiger partial charge in [0, 0.05) is 12.2 Å². The van der Waals surface area contributed by atoms with Crippen molar-refractivity contribution in [2.24, 2.45) is 5.16 Å². The first kappa shape index (κ1) is 18.5. The van der Waals surface area contributed by atoms with Gasteiger partial charge < -0.3 is 15.4 Å². The maximum atomic E-state index is 9.87. The maximum Gasteiger partial charge on any atom is 0.124 e. The van der Waals surface area contributed by atoms with Crippen LogP contribution >= 0.6 is 0 Å². The normalized spacial score (nSPS) is 11.8. The summed E-state index contributed by atoms with van der Waals surface area (Å²) in [6, 6.07) is 5.33. The Hall–Kier alpha value is -1.55. The number of nitrogens with zero attached hydrogens (tertiary/aromatic N) is 1. The van der Waals surface area contributed by atoms with Crippen molar-refractivity contribution in [1.82, 2.24) is 0 Å². The van der Waals surface area contributed by atoms with Crippen LogP contribution in [0.2, 0.25) is 0 Å². The van der Waals surface area contributed by atoms with E-state index in [1.807, 2.05) is 19.1 Å². The van der Waals surface area contributed by atoms with E-state index in [1.54, 1.807) is 6.07 Å². The zero-order valence-corrected chi connectivity index (χ0v) is 13.6. The molecule has 4 heteroatoms. The number of aliphatic hydroxyl groups is 1. The number of hydrogen-bond acceptors (Lipinski definition) is 4. The lowest BCUT2D eigenvalue weighted by atomic mass is 10.00. The number of aromatic hydroxyl groups is 1. The van der Waals surface area contributed by atoms with Crippen molar-refractivity contribution in [3.8, 4) is 5.75 Å². The van der Waals surface area contributed by atoms with Gasteiger partial charge in [-0.3, -0.25) is 0 Å². The third-order valence-corrected chi connectivity index (χ3v) is 3.91. The summed E-state index contributed by atoms with van der Waals surface area (Å²) in [7, 11) is 0. The fourth-order valence-electron chi connectivity index (χ4n) is 2.58. The number of oxime groups is 1. The SMILES string of the molecule is Cc1ccc(O)c(/C(CCCCCCCCCCO)=N/O)c1. The molecule has 4 nitrogen and oxygen atoms in total. The monoisotopic (exact) mass is 307 g/mol. The molecule has 0 aliphatic carbocycles. The molecule has 3 N–H and O–H groups in total. The number of aryl methyl sites for hydroxylation is 1. The van der Waals surface area contributed by atoms with E-state index in [2.05, 4.69) is 5.16 Å². The van der Waals surface area contributed by atoms with Crippen LogP contribution in [-0.4, -0.2) is 27.7 Å². The fourth-order valence-corrected chi connectivity index (χ4v) is 2.58. The van der Waals surface area contributed by atoms with Crippen molar-refractivity contribution < 1.29 is 15.4 Å². The molecule has 0 unspecified atom stereocenters. The molecule has 0 fully saturated rings. The van der Waals surface area contributed by atoms with Crippen molar-refractivity contribution >= 4 is 5.71 Å². The summed E-state index contributed by atoms with van der Waals surface area (Å²) in [4.78, 5) is 0. The molecule has 0 spiro atoms. The van der Waals surface area contributed by atoms with Crippen LogP contribution in [0.25, 0.3) is 0 Å². The minimum absolute atomic E-state index is 0.169. The molecule has 22 heavy (non-hydrogen) atoms. The second-order valence-electron chi connectivity index (χ2n) is 5.87. The minimum Gasteiger partial charge on any atom is -0.507 e. The highest BCUT2D eigenvalue weighted by Crippen LogP contribution is 2.22. The van der Waals surface area contributed by atoms with Gasteiger partial charge in [-0.1, -0.05) is 55.3 Å². The number of phenols is 1. The van der Waals surface area contributed by atoms with Crippen LogP contribution in [-0.2, 0) is 0 Å². The van der Waals surface area contributed by atoms with E-state index in [9.17, 15) is 10.3 Å². The highest BCUT2D eigenvalue weighted by Gasteiger charge is 2.09. The second-order valence-corrected chi connectivity index (χ2v) is 5.87. The van der Waals surface area contributed by atoms with Gasteiger partial charge in [0.15, 0.2) is 0 Å². The molecule has 0 saturated heterocycles. The van der Waals surface area contributed by atoms with Gasteiger partial charge in [0.2, 0.25) is 0 Å². The van der Waals surface area contributed by atoms with E-state index >= 15 is 0 Å². The molecule has 1 aromatic carbocycles. The number of hydrogen-bond donors (Lipinski definition) is 3. The molecule has 0 radical (unpaired) electrons. The maximum absolute atomic E-state index is 9.87. The van der Waals surface area contributed by atoms with Crippen LogP contribution in [0, 0.1) is 6.92 Å². The molecular formula is C18H29NO3. The van der Waals surface area contributed by atoms with E-state index in [0.717, 1.165) is 31.2 Å². The molecule has 0 amide bonds. The molecule has 124 valence electrons. The van der Waals surface area contributed by atoms with Crippen LogP contribution in [0.3, 0.4) is 0 Å². The van der Waals surface area contributed by atoms with Crippen molar-refractivity contribution in [2.75, 3.05) is 6.61 Å². The van der Waals surface area contributed by atoms with Crippen LogP contribution in [0.15, 0.2) is 23.4 Å². The number of benzene rings is 1. The zero-order valence-electron chi connectivity index (χ0n) is 13.6. The van der Waals surface area contributed by atoms with Crippen molar-refractivity contribution in [1.29, 1.82) is 0 Å². The summed E-state index contributed by atoms with van der Waals surface area (Å²) in [6.07, 6.45) is 9.58. The van der Waals surface area contributed by atoms with Gasteiger partial charge in [0.25, 0.3) is 0 Å². The summed E-state index contributed by atoms with van der Waals surface area (Å²) in [5, 5.41) is 31.1. The predicted molar refractivity (Wildman–Crippen MR) is 89.8 cm³/mol. The molecule has 1 aromatic rings. The Balaban J connectivity index is 2.24. The summed E-state index contributed by atoms with van der Waals surface area (Å²) in [5.41, 5.74) is 2.23. The van der Waals surface area contributed by atoms with E-state index in [-0.39, 0.29) is 5.75 Å².